The highest BCUT2D eigenvalue weighted by Gasteiger charge is 2.67. The Morgan fingerprint density at radius 1 is 0.827 bits per heavy atom. The van der Waals surface area contributed by atoms with Crippen LogP contribution in [0.3, 0.4) is 0 Å². The number of amides is 2. The van der Waals surface area contributed by atoms with Gasteiger partial charge in [0.1, 0.15) is 12.4 Å². The fourth-order valence-corrected chi connectivity index (χ4v) is 8.62. The van der Waals surface area contributed by atoms with Crippen LogP contribution < -0.4 is 9.64 Å². The number of aryl methyl sites for hydroxylation is 1. The molecule has 258 valence electrons. The molecule has 8 heteroatoms. The van der Waals surface area contributed by atoms with E-state index in [0.717, 1.165) is 17.5 Å². The maximum absolute atomic E-state index is 13.8. The molecule has 7 unspecified atom stereocenters. The predicted octanol–water partition coefficient (Wildman–Crippen LogP) is 7.77. The molecular weight excluding hydrogens is 652 g/mol. The van der Waals surface area contributed by atoms with Crippen LogP contribution in [0.25, 0.3) is 22.2 Å². The van der Waals surface area contributed by atoms with Gasteiger partial charge in [-0.15, -0.1) is 0 Å². The maximum atomic E-state index is 13.8. The third-order valence-electron chi connectivity index (χ3n) is 11.3. The zero-order chi connectivity index (χ0) is 35.7. The van der Waals surface area contributed by atoms with Gasteiger partial charge < -0.3 is 9.47 Å². The summed E-state index contributed by atoms with van der Waals surface area (Å²) in [6, 6.07) is 31.1. The molecule has 2 bridgehead atoms. The van der Waals surface area contributed by atoms with Crippen LogP contribution in [0, 0.1) is 42.4 Å². The highest BCUT2D eigenvalue weighted by Crippen LogP contribution is 2.65. The van der Waals surface area contributed by atoms with Crippen molar-refractivity contribution in [1.82, 2.24) is 4.98 Å². The van der Waals surface area contributed by atoms with E-state index < -0.39 is 12.1 Å². The molecule has 1 aromatic heterocycles. The van der Waals surface area contributed by atoms with Crippen LogP contribution >= 0.6 is 0 Å². The molecule has 2 heterocycles. The molecule has 2 amide bonds. The predicted molar refractivity (Wildman–Crippen MR) is 196 cm³/mol. The number of hydrogen-bond donors (Lipinski definition) is 0. The summed E-state index contributed by atoms with van der Waals surface area (Å²) in [7, 11) is 0. The summed E-state index contributed by atoms with van der Waals surface area (Å²) in [5, 5.41) is 0.613. The van der Waals surface area contributed by atoms with Crippen molar-refractivity contribution < 1.29 is 28.7 Å². The zero-order valence-electron chi connectivity index (χ0n) is 28.8. The minimum atomic E-state index is -1.05. The van der Waals surface area contributed by atoms with E-state index in [0.29, 0.717) is 57.6 Å². The fraction of sp³-hybridized carbons (Fsp3) is 0.250. The number of carbonyl (C=O) groups excluding carboxylic acids is 4. The lowest BCUT2D eigenvalue weighted by atomic mass is 9.63. The van der Waals surface area contributed by atoms with Crippen molar-refractivity contribution in [2.24, 2.45) is 35.5 Å². The quantitative estimate of drug-likeness (QED) is 0.0675. The summed E-state index contributed by atoms with van der Waals surface area (Å²) < 4.78 is 11.6. The summed E-state index contributed by atoms with van der Waals surface area (Å²) in [5.41, 5.74) is 5.04. The molecular formula is C44H36N2O6. The van der Waals surface area contributed by atoms with Gasteiger partial charge in [0.05, 0.1) is 34.3 Å². The Labute approximate surface area is 301 Å². The molecule has 10 rings (SSSR count). The number of benzene rings is 4. The van der Waals surface area contributed by atoms with Crippen molar-refractivity contribution in [3.63, 3.8) is 0 Å². The molecule has 4 aromatic carbocycles. The first-order valence-corrected chi connectivity index (χ1v) is 17.8. The zero-order valence-corrected chi connectivity index (χ0v) is 28.8. The minimum Gasteiger partial charge on any atom is -0.489 e. The van der Waals surface area contributed by atoms with Gasteiger partial charge in [0.15, 0.2) is 6.10 Å². The molecule has 0 N–H and O–H groups in total. The Balaban J connectivity index is 0.931. The second-order valence-corrected chi connectivity index (χ2v) is 14.5. The monoisotopic (exact) mass is 688 g/mol. The Bertz CT molecular complexity index is 2260. The van der Waals surface area contributed by atoms with Crippen LogP contribution in [0.4, 0.5) is 5.69 Å². The van der Waals surface area contributed by atoms with Crippen molar-refractivity contribution in [3.8, 4) is 17.0 Å². The van der Waals surface area contributed by atoms with Crippen LogP contribution in [-0.2, 0) is 20.9 Å². The lowest BCUT2D eigenvalue weighted by Crippen LogP contribution is -2.40. The second-order valence-electron chi connectivity index (χ2n) is 14.5. The Morgan fingerprint density at radius 2 is 1.50 bits per heavy atom. The van der Waals surface area contributed by atoms with Crippen LogP contribution in [0.2, 0.25) is 0 Å². The first-order valence-electron chi connectivity index (χ1n) is 17.8. The van der Waals surface area contributed by atoms with Crippen molar-refractivity contribution >= 4 is 40.2 Å². The number of nitrogens with zero attached hydrogens (tertiary/aromatic N) is 2. The number of imide groups is 1. The number of hydrogen-bond acceptors (Lipinski definition) is 7. The summed E-state index contributed by atoms with van der Waals surface area (Å²) in [5.74, 6) is 0.309. The van der Waals surface area contributed by atoms with Crippen molar-refractivity contribution in [2.45, 2.75) is 33.0 Å². The molecule has 5 aromatic rings. The molecule has 7 atom stereocenters. The Morgan fingerprint density at radius 3 is 2.17 bits per heavy atom. The third kappa shape index (κ3) is 5.41. The second kappa shape index (κ2) is 12.4. The number of carbonyl (C=O) groups is 4. The van der Waals surface area contributed by atoms with Crippen molar-refractivity contribution in [2.75, 3.05) is 4.90 Å². The van der Waals surface area contributed by atoms with E-state index in [4.69, 9.17) is 14.5 Å². The van der Waals surface area contributed by atoms with Gasteiger partial charge >= 0.3 is 5.97 Å². The van der Waals surface area contributed by atoms with E-state index in [1.54, 1.807) is 49.4 Å². The summed E-state index contributed by atoms with van der Waals surface area (Å²) in [6.45, 7) is 3.91. The normalized spacial score (nSPS) is 24.4. The number of ketones is 1. The standard InChI is InChI=1S/C44H36N2O6/c1-24-8-19-37-35(20-24)36(44(50)52-25(2)41(47)28-11-15-30(16-12-28)51-23-26-6-4-3-5-7-26)22-38(45-37)27-9-13-29(14-10-27)46-42(48)39-31-17-18-32(34-21-33(31)34)40(39)43(46)49/h3-20,22,25,31-34,39-40H,21,23H2,1-2H3. The number of aromatic nitrogens is 1. The van der Waals surface area contributed by atoms with Gasteiger partial charge in [0.2, 0.25) is 17.6 Å². The van der Waals surface area contributed by atoms with Gasteiger partial charge in [-0.2, -0.15) is 0 Å². The van der Waals surface area contributed by atoms with E-state index in [2.05, 4.69) is 12.2 Å². The molecule has 5 aliphatic rings. The van der Waals surface area contributed by atoms with Gasteiger partial charge in [0, 0.05) is 16.5 Å². The summed E-state index contributed by atoms with van der Waals surface area (Å²) >= 11 is 0. The highest BCUT2D eigenvalue weighted by atomic mass is 16.5. The van der Waals surface area contributed by atoms with Crippen LogP contribution in [0.1, 0.15) is 45.2 Å². The van der Waals surface area contributed by atoms with Gasteiger partial charge in [-0.1, -0.05) is 66.2 Å². The number of rotatable bonds is 9. The van der Waals surface area contributed by atoms with Crippen LogP contribution in [0.15, 0.2) is 115 Å². The first-order chi connectivity index (χ1) is 25.2. The van der Waals surface area contributed by atoms with Gasteiger partial charge in [0.25, 0.3) is 0 Å². The number of allylic oxidation sites excluding steroid dienone is 2. The highest BCUT2D eigenvalue weighted by molar-refractivity contribution is 6.22. The van der Waals surface area contributed by atoms with E-state index >= 15 is 0 Å². The smallest absolute Gasteiger partial charge is 0.339 e. The molecule has 4 aliphatic carbocycles. The molecule has 8 nitrogen and oxygen atoms in total. The van der Waals surface area contributed by atoms with E-state index in [9.17, 15) is 19.2 Å². The number of ether oxygens (including phenoxy) is 2. The van der Waals surface area contributed by atoms with Crippen molar-refractivity contribution in [1.29, 1.82) is 0 Å². The number of pyridine rings is 1. The largest absolute Gasteiger partial charge is 0.489 e. The summed E-state index contributed by atoms with van der Waals surface area (Å²) in [4.78, 5) is 60.6. The molecule has 52 heavy (non-hydrogen) atoms. The van der Waals surface area contributed by atoms with E-state index in [1.165, 1.54) is 4.90 Å². The van der Waals surface area contributed by atoms with Gasteiger partial charge in [-0.3, -0.25) is 19.3 Å². The first kappa shape index (κ1) is 32.0. The van der Waals surface area contributed by atoms with Crippen LogP contribution in [0.5, 0.6) is 5.75 Å². The molecule has 0 spiro atoms. The van der Waals surface area contributed by atoms with E-state index in [1.807, 2.05) is 67.6 Å². The van der Waals surface area contributed by atoms with Gasteiger partial charge in [-0.05, 0) is 104 Å². The average Bonchev–Trinajstić information content (AvgIpc) is 3.96. The lowest BCUT2D eigenvalue weighted by Gasteiger charge is -2.37. The average molecular weight is 689 g/mol. The molecule has 1 saturated heterocycles. The Kier molecular flexibility index (Phi) is 7.65. The Hall–Kier alpha value is -5.89. The van der Waals surface area contributed by atoms with Crippen molar-refractivity contribution in [3.05, 3.63) is 138 Å². The lowest BCUT2D eigenvalue weighted by molar-refractivity contribution is -0.124. The van der Waals surface area contributed by atoms with Gasteiger partial charge in [-0.25, -0.2) is 9.78 Å². The topological polar surface area (TPSA) is 103 Å². The molecule has 0 radical (unpaired) electrons. The summed E-state index contributed by atoms with van der Waals surface area (Å²) in [6.07, 6.45) is 4.41. The SMILES string of the molecule is Cc1ccc2nc(-c3ccc(N4C(=O)C5C6C=CC(C7CC67)C5C4=O)cc3)cc(C(=O)OC(C)C(=O)c3ccc(OCc4ccccc4)cc3)c2c1. The number of fused-ring (bicyclic) bond motifs is 1. The van der Waals surface area contributed by atoms with Crippen LogP contribution in [-0.4, -0.2) is 34.7 Å². The number of esters is 1. The maximum Gasteiger partial charge on any atom is 0.339 e. The minimum absolute atomic E-state index is 0.104. The molecule has 1 aliphatic heterocycles. The third-order valence-corrected chi connectivity index (χ3v) is 11.3. The molecule has 3 fully saturated rings. The molecule has 2 saturated carbocycles. The fourth-order valence-electron chi connectivity index (χ4n) is 8.62. The van der Waals surface area contributed by atoms with E-state index in [-0.39, 0.29) is 46.8 Å². The number of anilines is 1. The number of Topliss-reactive ketones (excluding diaryl/α,β-unsaturated/α-hetero) is 1.